The first kappa shape index (κ1) is 16.0. The molecule has 116 valence electrons. The van der Waals surface area contributed by atoms with Crippen LogP contribution in [0.2, 0.25) is 0 Å². The molecule has 0 radical (unpaired) electrons. The highest BCUT2D eigenvalue weighted by molar-refractivity contribution is 5.90. The highest BCUT2D eigenvalue weighted by Gasteiger charge is 2.07. The topological polar surface area (TPSA) is 55.8 Å². The van der Waals surface area contributed by atoms with Gasteiger partial charge in [0.15, 0.2) is 0 Å². The summed E-state index contributed by atoms with van der Waals surface area (Å²) < 4.78 is 10.3. The summed E-state index contributed by atoms with van der Waals surface area (Å²) in [6.45, 7) is 0.452. The van der Waals surface area contributed by atoms with E-state index in [1.165, 1.54) is 0 Å². The van der Waals surface area contributed by atoms with Crippen molar-refractivity contribution in [3.05, 3.63) is 54.1 Å². The molecule has 0 saturated carbocycles. The van der Waals surface area contributed by atoms with Crippen LogP contribution in [-0.2, 0) is 4.74 Å². The number of carbonyl (C=O) groups is 1. The molecule has 2 aromatic carbocycles. The maximum Gasteiger partial charge on any atom is 0.338 e. The first-order valence-corrected chi connectivity index (χ1v) is 7.27. The fraction of sp³-hybridized carbons (Fsp3) is 0.278. The molecule has 2 rings (SSSR count). The molecule has 1 N–H and O–H groups in total. The van der Waals surface area contributed by atoms with E-state index in [-0.39, 0.29) is 12.6 Å². The van der Waals surface area contributed by atoms with Crippen LogP contribution >= 0.6 is 0 Å². The fourth-order valence-corrected chi connectivity index (χ4v) is 2.04. The van der Waals surface area contributed by atoms with Crippen LogP contribution in [0, 0.1) is 0 Å². The number of rotatable bonds is 7. The van der Waals surface area contributed by atoms with Crippen molar-refractivity contribution in [1.82, 2.24) is 0 Å². The van der Waals surface area contributed by atoms with Crippen LogP contribution in [0.4, 0.5) is 0 Å². The minimum absolute atomic E-state index is 0.119. The van der Waals surface area contributed by atoms with Gasteiger partial charge in [-0.15, -0.1) is 0 Å². The molecule has 0 saturated heterocycles. The standard InChI is InChI=1S/C18H20O4/c1-21-17-10-8-15(9-11-17)14-4-6-16(7-5-14)18(20)22-13-3-2-12-19/h4-11,19H,2-3,12-13H2,1H3. The molecule has 0 bridgehead atoms. The van der Waals surface area contributed by atoms with Gasteiger partial charge < -0.3 is 14.6 Å². The molecular weight excluding hydrogens is 280 g/mol. The third-order valence-electron chi connectivity index (χ3n) is 3.33. The fourth-order valence-electron chi connectivity index (χ4n) is 2.04. The van der Waals surface area contributed by atoms with E-state index in [0.717, 1.165) is 16.9 Å². The molecule has 0 amide bonds. The summed E-state index contributed by atoms with van der Waals surface area (Å²) in [5, 5.41) is 8.67. The Bertz CT molecular complexity index is 587. The minimum atomic E-state index is -0.334. The number of hydrogen-bond acceptors (Lipinski definition) is 4. The van der Waals surface area contributed by atoms with Crippen molar-refractivity contribution in [2.75, 3.05) is 20.3 Å². The van der Waals surface area contributed by atoms with E-state index in [0.29, 0.717) is 25.0 Å². The number of esters is 1. The maximum absolute atomic E-state index is 11.8. The molecule has 4 nitrogen and oxygen atoms in total. The Morgan fingerprint density at radius 1 is 0.955 bits per heavy atom. The Morgan fingerprint density at radius 3 is 2.09 bits per heavy atom. The van der Waals surface area contributed by atoms with Crippen LogP contribution < -0.4 is 4.74 Å². The molecule has 0 unspecified atom stereocenters. The molecule has 22 heavy (non-hydrogen) atoms. The molecule has 0 aromatic heterocycles. The number of methoxy groups -OCH3 is 1. The molecule has 0 aliphatic carbocycles. The van der Waals surface area contributed by atoms with Gasteiger partial charge in [-0.1, -0.05) is 24.3 Å². The van der Waals surface area contributed by atoms with Gasteiger partial charge in [-0.2, -0.15) is 0 Å². The summed E-state index contributed by atoms with van der Waals surface area (Å²) in [5.41, 5.74) is 2.62. The zero-order valence-electron chi connectivity index (χ0n) is 12.6. The summed E-state index contributed by atoms with van der Waals surface area (Å²) in [5.74, 6) is 0.478. The number of unbranched alkanes of at least 4 members (excludes halogenated alkanes) is 1. The summed E-state index contributed by atoms with van der Waals surface area (Å²) >= 11 is 0. The lowest BCUT2D eigenvalue weighted by Crippen LogP contribution is -2.06. The summed E-state index contributed by atoms with van der Waals surface area (Å²) in [6, 6.07) is 15.1. The second-order valence-corrected chi connectivity index (χ2v) is 4.87. The molecule has 0 aliphatic heterocycles. The maximum atomic E-state index is 11.8. The van der Waals surface area contributed by atoms with E-state index >= 15 is 0 Å². The first-order valence-electron chi connectivity index (χ1n) is 7.27. The van der Waals surface area contributed by atoms with E-state index in [9.17, 15) is 4.79 Å². The van der Waals surface area contributed by atoms with Gasteiger partial charge in [-0.3, -0.25) is 0 Å². The van der Waals surface area contributed by atoms with Gasteiger partial charge in [0.05, 0.1) is 19.3 Å². The van der Waals surface area contributed by atoms with E-state index in [1.807, 2.05) is 36.4 Å². The van der Waals surface area contributed by atoms with Gasteiger partial charge in [-0.05, 0) is 48.2 Å². The molecule has 0 heterocycles. The summed E-state index contributed by atoms with van der Waals surface area (Å²) in [6.07, 6.45) is 1.32. The van der Waals surface area contributed by atoms with Gasteiger partial charge in [0.2, 0.25) is 0 Å². The minimum Gasteiger partial charge on any atom is -0.497 e. The van der Waals surface area contributed by atoms with Gasteiger partial charge in [0, 0.05) is 6.61 Å². The second-order valence-electron chi connectivity index (χ2n) is 4.87. The lowest BCUT2D eigenvalue weighted by Gasteiger charge is -2.06. The number of benzene rings is 2. The lowest BCUT2D eigenvalue weighted by atomic mass is 10.0. The number of aliphatic hydroxyl groups excluding tert-OH is 1. The van der Waals surface area contributed by atoms with Crippen LogP contribution in [0.25, 0.3) is 11.1 Å². The molecule has 0 atom stereocenters. The van der Waals surface area contributed by atoms with Crippen molar-refractivity contribution < 1.29 is 19.4 Å². The highest BCUT2D eigenvalue weighted by atomic mass is 16.5. The Balaban J connectivity index is 1.98. The van der Waals surface area contributed by atoms with E-state index < -0.39 is 0 Å². The normalized spacial score (nSPS) is 10.3. The van der Waals surface area contributed by atoms with Gasteiger partial charge in [-0.25, -0.2) is 4.79 Å². The lowest BCUT2D eigenvalue weighted by molar-refractivity contribution is 0.0492. The van der Waals surface area contributed by atoms with Gasteiger partial charge in [0.25, 0.3) is 0 Å². The van der Waals surface area contributed by atoms with Crippen LogP contribution in [-0.4, -0.2) is 31.4 Å². The van der Waals surface area contributed by atoms with Crippen molar-refractivity contribution >= 4 is 5.97 Å². The Labute approximate surface area is 130 Å². The Hall–Kier alpha value is -2.33. The molecule has 0 aliphatic rings. The Morgan fingerprint density at radius 2 is 1.55 bits per heavy atom. The number of hydrogen-bond donors (Lipinski definition) is 1. The van der Waals surface area contributed by atoms with Crippen LogP contribution in [0.5, 0.6) is 5.75 Å². The SMILES string of the molecule is COc1ccc(-c2ccc(C(=O)OCCCCO)cc2)cc1. The van der Waals surface area contributed by atoms with Gasteiger partial charge in [0.1, 0.15) is 5.75 Å². The number of aliphatic hydroxyl groups is 1. The van der Waals surface area contributed by atoms with Crippen LogP contribution in [0.1, 0.15) is 23.2 Å². The third-order valence-corrected chi connectivity index (χ3v) is 3.33. The van der Waals surface area contributed by atoms with Gasteiger partial charge >= 0.3 is 5.97 Å². The van der Waals surface area contributed by atoms with Crippen molar-refractivity contribution in [2.45, 2.75) is 12.8 Å². The molecule has 0 fully saturated rings. The van der Waals surface area contributed by atoms with E-state index in [4.69, 9.17) is 14.6 Å². The van der Waals surface area contributed by atoms with E-state index in [2.05, 4.69) is 0 Å². The quantitative estimate of drug-likeness (QED) is 0.629. The van der Waals surface area contributed by atoms with Crippen molar-refractivity contribution in [3.8, 4) is 16.9 Å². The number of carbonyl (C=O) groups excluding carboxylic acids is 1. The molecule has 4 heteroatoms. The van der Waals surface area contributed by atoms with Crippen molar-refractivity contribution in [3.63, 3.8) is 0 Å². The molecule has 2 aromatic rings. The zero-order valence-corrected chi connectivity index (χ0v) is 12.6. The first-order chi connectivity index (χ1) is 10.7. The van der Waals surface area contributed by atoms with Crippen LogP contribution in [0.15, 0.2) is 48.5 Å². The largest absolute Gasteiger partial charge is 0.497 e. The average molecular weight is 300 g/mol. The van der Waals surface area contributed by atoms with E-state index in [1.54, 1.807) is 19.2 Å². The predicted molar refractivity (Wildman–Crippen MR) is 85.0 cm³/mol. The van der Waals surface area contributed by atoms with Crippen molar-refractivity contribution in [2.24, 2.45) is 0 Å². The Kier molecular flexibility index (Phi) is 5.98. The monoisotopic (exact) mass is 300 g/mol. The third kappa shape index (κ3) is 4.33. The summed E-state index contributed by atoms with van der Waals surface area (Å²) in [7, 11) is 1.63. The summed E-state index contributed by atoms with van der Waals surface area (Å²) in [4.78, 5) is 11.8. The van der Waals surface area contributed by atoms with Crippen LogP contribution in [0.3, 0.4) is 0 Å². The highest BCUT2D eigenvalue weighted by Crippen LogP contribution is 2.22. The zero-order chi connectivity index (χ0) is 15.8. The predicted octanol–water partition coefficient (Wildman–Crippen LogP) is 3.29. The number of ether oxygens (including phenoxy) is 2. The molecular formula is C18H20O4. The average Bonchev–Trinajstić information content (AvgIpc) is 2.59. The molecule has 0 spiro atoms. The van der Waals surface area contributed by atoms with Crippen molar-refractivity contribution in [1.29, 1.82) is 0 Å². The second kappa shape index (κ2) is 8.20. The smallest absolute Gasteiger partial charge is 0.338 e.